The summed E-state index contributed by atoms with van der Waals surface area (Å²) in [5.74, 6) is 0.451. The second-order valence-corrected chi connectivity index (χ2v) is 5.40. The number of nitrogens with zero attached hydrogens (tertiary/aromatic N) is 2. The molecular weight excluding hydrogens is 248 g/mol. The number of aryl methyl sites for hydroxylation is 1. The second kappa shape index (κ2) is 5.45. The predicted molar refractivity (Wildman–Crippen MR) is 79.3 cm³/mol. The molecule has 102 valence electrons. The Morgan fingerprint density at radius 1 is 1.30 bits per heavy atom. The molecule has 0 atom stereocenters. The van der Waals surface area contributed by atoms with Crippen LogP contribution in [0.3, 0.4) is 0 Å². The Kier molecular flexibility index (Phi) is 3.50. The molecule has 2 aromatic rings. The molecule has 0 saturated heterocycles. The summed E-state index contributed by atoms with van der Waals surface area (Å²) in [6, 6.07) is 12.0. The van der Waals surface area contributed by atoms with E-state index in [0.717, 1.165) is 24.1 Å². The summed E-state index contributed by atoms with van der Waals surface area (Å²) in [6.45, 7) is 2.64. The fourth-order valence-corrected chi connectivity index (χ4v) is 2.32. The van der Waals surface area contributed by atoms with Crippen LogP contribution in [0.25, 0.3) is 0 Å². The Bertz CT molecular complexity index is 605. The number of rotatable bonds is 4. The smallest absolute Gasteiger partial charge is 0.230 e. The Labute approximate surface area is 119 Å². The van der Waals surface area contributed by atoms with E-state index < -0.39 is 0 Å². The summed E-state index contributed by atoms with van der Waals surface area (Å²) >= 11 is 0. The largest absolute Gasteiger partial charge is 0.308 e. The van der Waals surface area contributed by atoms with E-state index in [-0.39, 0.29) is 11.8 Å². The normalized spacial score (nSPS) is 14.1. The minimum absolute atomic E-state index is 0.215. The van der Waals surface area contributed by atoms with Crippen molar-refractivity contribution in [3.05, 3.63) is 59.9 Å². The third-order valence-electron chi connectivity index (χ3n) is 3.57. The average molecular weight is 266 g/mol. The Hall–Kier alpha value is -2.16. The number of hydrogen-bond acceptors (Lipinski definition) is 2. The molecule has 0 radical (unpaired) electrons. The quantitative estimate of drug-likeness (QED) is 0.850. The van der Waals surface area contributed by atoms with Crippen molar-refractivity contribution < 1.29 is 4.79 Å². The maximum atomic E-state index is 12.5. The molecule has 3 rings (SSSR count). The SMILES string of the molecule is Cc1cccc(N(Cc2cccnc2)C(=O)C2CC2)c1. The van der Waals surface area contributed by atoms with Crippen molar-refractivity contribution in [1.82, 2.24) is 4.98 Å². The summed E-state index contributed by atoms with van der Waals surface area (Å²) in [4.78, 5) is 18.5. The molecule has 20 heavy (non-hydrogen) atoms. The Balaban J connectivity index is 1.89. The van der Waals surface area contributed by atoms with Gasteiger partial charge in [-0.15, -0.1) is 0 Å². The van der Waals surface area contributed by atoms with Gasteiger partial charge in [-0.3, -0.25) is 9.78 Å². The molecule has 1 aromatic carbocycles. The van der Waals surface area contributed by atoms with Crippen LogP contribution in [0.2, 0.25) is 0 Å². The van der Waals surface area contributed by atoms with Crippen LogP contribution in [0.1, 0.15) is 24.0 Å². The van der Waals surface area contributed by atoms with Crippen molar-refractivity contribution in [2.75, 3.05) is 4.90 Å². The number of amides is 1. The topological polar surface area (TPSA) is 33.2 Å². The minimum Gasteiger partial charge on any atom is -0.308 e. The lowest BCUT2D eigenvalue weighted by atomic mass is 10.1. The number of aromatic nitrogens is 1. The standard InChI is InChI=1S/C17H18N2O/c1-13-4-2-6-16(10-13)19(17(20)15-7-8-15)12-14-5-3-9-18-11-14/h2-6,9-11,15H,7-8,12H2,1H3. The first kappa shape index (κ1) is 12.9. The lowest BCUT2D eigenvalue weighted by Gasteiger charge is -2.23. The summed E-state index contributed by atoms with van der Waals surface area (Å²) in [5, 5.41) is 0. The van der Waals surface area contributed by atoms with E-state index in [1.54, 1.807) is 6.20 Å². The zero-order valence-electron chi connectivity index (χ0n) is 11.6. The third-order valence-corrected chi connectivity index (χ3v) is 3.57. The molecule has 3 heteroatoms. The van der Waals surface area contributed by atoms with Gasteiger partial charge in [-0.05, 0) is 49.1 Å². The van der Waals surface area contributed by atoms with Gasteiger partial charge in [0.05, 0.1) is 6.54 Å². The molecule has 1 fully saturated rings. The van der Waals surface area contributed by atoms with Crippen LogP contribution in [0.15, 0.2) is 48.8 Å². The summed E-state index contributed by atoms with van der Waals surface area (Å²) < 4.78 is 0. The fraction of sp³-hybridized carbons (Fsp3) is 0.294. The van der Waals surface area contributed by atoms with E-state index in [0.29, 0.717) is 6.54 Å². The number of benzene rings is 1. The van der Waals surface area contributed by atoms with Gasteiger partial charge in [-0.25, -0.2) is 0 Å². The number of pyridine rings is 1. The highest BCUT2D eigenvalue weighted by Gasteiger charge is 2.34. The van der Waals surface area contributed by atoms with E-state index in [4.69, 9.17) is 0 Å². The number of anilines is 1. The van der Waals surface area contributed by atoms with Gasteiger partial charge in [0, 0.05) is 24.0 Å². The first-order chi connectivity index (χ1) is 9.74. The van der Waals surface area contributed by atoms with E-state index in [1.165, 1.54) is 5.56 Å². The van der Waals surface area contributed by atoms with Crippen molar-refractivity contribution in [1.29, 1.82) is 0 Å². The zero-order valence-corrected chi connectivity index (χ0v) is 11.6. The highest BCUT2D eigenvalue weighted by Crippen LogP contribution is 2.33. The molecule has 0 aliphatic heterocycles. The molecule has 1 amide bonds. The summed E-state index contributed by atoms with van der Waals surface area (Å²) in [5.41, 5.74) is 3.20. The summed E-state index contributed by atoms with van der Waals surface area (Å²) in [7, 11) is 0. The third kappa shape index (κ3) is 2.87. The van der Waals surface area contributed by atoms with Crippen LogP contribution < -0.4 is 4.90 Å². The fourth-order valence-electron chi connectivity index (χ4n) is 2.32. The lowest BCUT2D eigenvalue weighted by molar-refractivity contribution is -0.119. The molecule has 1 aliphatic rings. The highest BCUT2D eigenvalue weighted by molar-refractivity contribution is 5.96. The van der Waals surface area contributed by atoms with Gasteiger partial charge in [-0.1, -0.05) is 18.2 Å². The van der Waals surface area contributed by atoms with Crippen molar-refractivity contribution in [2.24, 2.45) is 5.92 Å². The van der Waals surface area contributed by atoms with E-state index >= 15 is 0 Å². The van der Waals surface area contributed by atoms with Gasteiger partial charge >= 0.3 is 0 Å². The molecular formula is C17H18N2O. The first-order valence-corrected chi connectivity index (χ1v) is 7.01. The van der Waals surface area contributed by atoms with Crippen molar-refractivity contribution in [3.8, 4) is 0 Å². The van der Waals surface area contributed by atoms with Crippen molar-refractivity contribution in [3.63, 3.8) is 0 Å². The molecule has 0 N–H and O–H groups in total. The van der Waals surface area contributed by atoms with E-state index in [1.807, 2.05) is 48.4 Å². The number of carbonyl (C=O) groups excluding carboxylic acids is 1. The molecule has 0 bridgehead atoms. The monoisotopic (exact) mass is 266 g/mol. The molecule has 1 heterocycles. The van der Waals surface area contributed by atoms with Gasteiger partial charge in [0.1, 0.15) is 0 Å². The lowest BCUT2D eigenvalue weighted by Crippen LogP contribution is -2.31. The van der Waals surface area contributed by atoms with Gasteiger partial charge < -0.3 is 4.90 Å². The maximum Gasteiger partial charge on any atom is 0.230 e. The molecule has 1 aromatic heterocycles. The minimum atomic E-state index is 0.215. The van der Waals surface area contributed by atoms with Gasteiger partial charge in [0.2, 0.25) is 5.91 Å². The summed E-state index contributed by atoms with van der Waals surface area (Å²) in [6.07, 6.45) is 5.62. The average Bonchev–Trinajstić information content (AvgIpc) is 3.30. The Morgan fingerprint density at radius 2 is 2.15 bits per heavy atom. The van der Waals surface area contributed by atoms with Crippen LogP contribution in [-0.2, 0) is 11.3 Å². The zero-order chi connectivity index (χ0) is 13.9. The van der Waals surface area contributed by atoms with Crippen LogP contribution >= 0.6 is 0 Å². The molecule has 0 spiro atoms. The molecule has 1 saturated carbocycles. The molecule has 3 nitrogen and oxygen atoms in total. The predicted octanol–water partition coefficient (Wildman–Crippen LogP) is 3.33. The van der Waals surface area contributed by atoms with Gasteiger partial charge in [0.25, 0.3) is 0 Å². The van der Waals surface area contributed by atoms with Crippen molar-refractivity contribution in [2.45, 2.75) is 26.3 Å². The Morgan fingerprint density at radius 3 is 2.80 bits per heavy atom. The maximum absolute atomic E-state index is 12.5. The van der Waals surface area contributed by atoms with E-state index in [2.05, 4.69) is 11.1 Å². The van der Waals surface area contributed by atoms with Crippen LogP contribution in [0.5, 0.6) is 0 Å². The first-order valence-electron chi connectivity index (χ1n) is 7.01. The highest BCUT2D eigenvalue weighted by atomic mass is 16.2. The van der Waals surface area contributed by atoms with Crippen LogP contribution in [0.4, 0.5) is 5.69 Å². The van der Waals surface area contributed by atoms with Gasteiger partial charge in [-0.2, -0.15) is 0 Å². The van der Waals surface area contributed by atoms with Crippen LogP contribution in [-0.4, -0.2) is 10.9 Å². The number of carbonyl (C=O) groups is 1. The van der Waals surface area contributed by atoms with Crippen molar-refractivity contribution >= 4 is 11.6 Å². The number of hydrogen-bond donors (Lipinski definition) is 0. The van der Waals surface area contributed by atoms with Gasteiger partial charge in [0.15, 0.2) is 0 Å². The second-order valence-electron chi connectivity index (χ2n) is 5.40. The molecule has 0 unspecified atom stereocenters. The van der Waals surface area contributed by atoms with E-state index in [9.17, 15) is 4.79 Å². The molecule has 1 aliphatic carbocycles. The van der Waals surface area contributed by atoms with Crippen LogP contribution in [0, 0.1) is 12.8 Å².